The smallest absolute Gasteiger partial charge is 0.325 e. The molecule has 0 aromatic rings. The van der Waals surface area contributed by atoms with Crippen LogP contribution in [0.5, 0.6) is 0 Å². The minimum atomic E-state index is -0.350. The number of nitrogens with one attached hydrogen (secondary N) is 1. The first-order valence-electron chi connectivity index (χ1n) is 5.62. The summed E-state index contributed by atoms with van der Waals surface area (Å²) in [4.78, 5) is 11.5. The third kappa shape index (κ3) is 7.33. The van der Waals surface area contributed by atoms with Crippen LogP contribution in [0.25, 0.3) is 0 Å². The zero-order valence-corrected chi connectivity index (χ0v) is 10.2. The number of carbonyl (C=O) groups excluding carboxylic acids is 1. The molecule has 0 rings (SSSR count). The van der Waals surface area contributed by atoms with Crippen molar-refractivity contribution in [2.75, 3.05) is 19.8 Å². The van der Waals surface area contributed by atoms with E-state index in [0.29, 0.717) is 19.8 Å². The standard InChI is InChI=1S/C11H23NO3/c1-5-7-14-8-10(12-9(3)4)11(13)15-6-2/h9-10,12H,5-8H2,1-4H3. The van der Waals surface area contributed by atoms with Crippen LogP contribution in [0.15, 0.2) is 0 Å². The van der Waals surface area contributed by atoms with Gasteiger partial charge in [0.1, 0.15) is 6.04 Å². The molecule has 0 aliphatic carbocycles. The van der Waals surface area contributed by atoms with Crippen LogP contribution in [0.2, 0.25) is 0 Å². The Kier molecular flexibility index (Phi) is 8.33. The second-order valence-corrected chi connectivity index (χ2v) is 3.70. The van der Waals surface area contributed by atoms with E-state index in [-0.39, 0.29) is 18.1 Å². The molecular formula is C11H23NO3. The zero-order chi connectivity index (χ0) is 11.7. The van der Waals surface area contributed by atoms with Gasteiger partial charge in [-0.05, 0) is 13.3 Å². The minimum absolute atomic E-state index is 0.234. The fourth-order valence-corrected chi connectivity index (χ4v) is 1.17. The molecule has 0 bridgehead atoms. The Morgan fingerprint density at radius 3 is 2.47 bits per heavy atom. The molecule has 0 spiro atoms. The molecule has 4 nitrogen and oxygen atoms in total. The van der Waals surface area contributed by atoms with Crippen molar-refractivity contribution in [3.63, 3.8) is 0 Å². The fraction of sp³-hybridized carbons (Fsp3) is 0.909. The molecule has 0 saturated carbocycles. The van der Waals surface area contributed by atoms with E-state index in [1.165, 1.54) is 0 Å². The maximum Gasteiger partial charge on any atom is 0.325 e. The Hall–Kier alpha value is -0.610. The predicted octanol–water partition coefficient (Wildman–Crippen LogP) is 1.34. The summed E-state index contributed by atoms with van der Waals surface area (Å²) in [5.74, 6) is -0.234. The molecule has 0 saturated heterocycles. The van der Waals surface area contributed by atoms with Gasteiger partial charge < -0.3 is 14.8 Å². The number of ether oxygens (including phenoxy) is 2. The van der Waals surface area contributed by atoms with Crippen molar-refractivity contribution in [2.24, 2.45) is 0 Å². The van der Waals surface area contributed by atoms with Gasteiger partial charge in [0.05, 0.1) is 13.2 Å². The highest BCUT2D eigenvalue weighted by Gasteiger charge is 2.20. The first-order valence-corrected chi connectivity index (χ1v) is 5.62. The second kappa shape index (κ2) is 8.68. The average Bonchev–Trinajstić information content (AvgIpc) is 2.16. The van der Waals surface area contributed by atoms with Crippen molar-refractivity contribution in [1.29, 1.82) is 0 Å². The normalized spacial score (nSPS) is 12.9. The van der Waals surface area contributed by atoms with Crippen molar-refractivity contribution < 1.29 is 14.3 Å². The lowest BCUT2D eigenvalue weighted by Gasteiger charge is -2.19. The third-order valence-electron chi connectivity index (χ3n) is 1.74. The van der Waals surface area contributed by atoms with Gasteiger partial charge in [-0.15, -0.1) is 0 Å². The summed E-state index contributed by atoms with van der Waals surface area (Å²) in [6, 6.07) is -0.110. The molecule has 1 unspecified atom stereocenters. The van der Waals surface area contributed by atoms with Gasteiger partial charge in [-0.1, -0.05) is 20.8 Å². The number of rotatable bonds is 8. The summed E-state index contributed by atoms with van der Waals surface area (Å²) < 4.78 is 10.3. The highest BCUT2D eigenvalue weighted by molar-refractivity contribution is 5.75. The molecule has 0 heterocycles. The number of carbonyl (C=O) groups is 1. The van der Waals surface area contributed by atoms with E-state index in [1.54, 1.807) is 6.92 Å². The molecule has 0 fully saturated rings. The van der Waals surface area contributed by atoms with Crippen LogP contribution < -0.4 is 5.32 Å². The molecule has 0 aromatic heterocycles. The van der Waals surface area contributed by atoms with Crippen molar-refractivity contribution in [1.82, 2.24) is 5.32 Å². The molecule has 4 heteroatoms. The van der Waals surface area contributed by atoms with Gasteiger partial charge >= 0.3 is 5.97 Å². The summed E-state index contributed by atoms with van der Waals surface area (Å²) >= 11 is 0. The van der Waals surface area contributed by atoms with Gasteiger partial charge in [0.2, 0.25) is 0 Å². The van der Waals surface area contributed by atoms with E-state index in [9.17, 15) is 4.79 Å². The lowest BCUT2D eigenvalue weighted by molar-refractivity contribution is -0.147. The van der Waals surface area contributed by atoms with E-state index < -0.39 is 0 Å². The molecule has 0 aliphatic heterocycles. The van der Waals surface area contributed by atoms with Crippen LogP contribution in [0, 0.1) is 0 Å². The van der Waals surface area contributed by atoms with E-state index >= 15 is 0 Å². The fourth-order valence-electron chi connectivity index (χ4n) is 1.17. The predicted molar refractivity (Wildman–Crippen MR) is 59.8 cm³/mol. The van der Waals surface area contributed by atoms with Gasteiger partial charge in [0.25, 0.3) is 0 Å². The van der Waals surface area contributed by atoms with E-state index in [1.807, 2.05) is 20.8 Å². The van der Waals surface area contributed by atoms with Gasteiger partial charge in [-0.2, -0.15) is 0 Å². The van der Waals surface area contributed by atoms with Crippen molar-refractivity contribution >= 4 is 5.97 Å². The van der Waals surface area contributed by atoms with Crippen molar-refractivity contribution in [3.8, 4) is 0 Å². The molecule has 1 atom stereocenters. The van der Waals surface area contributed by atoms with Crippen LogP contribution in [0.4, 0.5) is 0 Å². The number of hydrogen-bond acceptors (Lipinski definition) is 4. The Morgan fingerprint density at radius 2 is 2.00 bits per heavy atom. The molecule has 0 aromatic carbocycles. The maximum absolute atomic E-state index is 11.5. The molecule has 1 N–H and O–H groups in total. The number of hydrogen-bond donors (Lipinski definition) is 1. The van der Waals surface area contributed by atoms with E-state index in [0.717, 1.165) is 6.42 Å². The molecule has 0 aliphatic rings. The summed E-state index contributed by atoms with van der Waals surface area (Å²) in [6.45, 7) is 9.29. The number of esters is 1. The average molecular weight is 217 g/mol. The van der Waals surface area contributed by atoms with Crippen LogP contribution in [0.1, 0.15) is 34.1 Å². The van der Waals surface area contributed by atoms with Crippen LogP contribution in [-0.2, 0) is 14.3 Å². The Morgan fingerprint density at radius 1 is 1.33 bits per heavy atom. The second-order valence-electron chi connectivity index (χ2n) is 3.70. The first-order chi connectivity index (χ1) is 7.11. The van der Waals surface area contributed by atoms with Crippen molar-refractivity contribution in [2.45, 2.75) is 46.2 Å². The summed E-state index contributed by atoms with van der Waals surface area (Å²) in [5.41, 5.74) is 0. The van der Waals surface area contributed by atoms with E-state index in [2.05, 4.69) is 5.32 Å². The lowest BCUT2D eigenvalue weighted by Crippen LogP contribution is -2.45. The Balaban J connectivity index is 3.99. The molecule has 0 radical (unpaired) electrons. The minimum Gasteiger partial charge on any atom is -0.465 e. The summed E-state index contributed by atoms with van der Waals surface area (Å²) in [5, 5.41) is 3.12. The highest BCUT2D eigenvalue weighted by atomic mass is 16.5. The van der Waals surface area contributed by atoms with Gasteiger partial charge in [-0.3, -0.25) is 4.79 Å². The van der Waals surface area contributed by atoms with Gasteiger partial charge in [0.15, 0.2) is 0 Å². The molecule has 15 heavy (non-hydrogen) atoms. The highest BCUT2D eigenvalue weighted by Crippen LogP contribution is 1.95. The summed E-state index contributed by atoms with van der Waals surface area (Å²) in [6.07, 6.45) is 0.956. The van der Waals surface area contributed by atoms with Crippen LogP contribution >= 0.6 is 0 Å². The topological polar surface area (TPSA) is 47.6 Å². The zero-order valence-electron chi connectivity index (χ0n) is 10.2. The SMILES string of the molecule is CCCOCC(NC(C)C)C(=O)OCC. The molecule has 0 amide bonds. The van der Waals surface area contributed by atoms with Crippen molar-refractivity contribution in [3.05, 3.63) is 0 Å². The monoisotopic (exact) mass is 217 g/mol. The summed E-state index contributed by atoms with van der Waals surface area (Å²) in [7, 11) is 0. The Bertz CT molecular complexity index is 171. The molecule has 90 valence electrons. The van der Waals surface area contributed by atoms with E-state index in [4.69, 9.17) is 9.47 Å². The first kappa shape index (κ1) is 14.4. The quantitative estimate of drug-likeness (QED) is 0.492. The molecular weight excluding hydrogens is 194 g/mol. The van der Waals surface area contributed by atoms with Crippen LogP contribution in [-0.4, -0.2) is 37.9 Å². The van der Waals surface area contributed by atoms with Gasteiger partial charge in [0, 0.05) is 12.6 Å². The van der Waals surface area contributed by atoms with Gasteiger partial charge in [-0.25, -0.2) is 0 Å². The van der Waals surface area contributed by atoms with Crippen LogP contribution in [0.3, 0.4) is 0 Å². The maximum atomic E-state index is 11.5. The lowest BCUT2D eigenvalue weighted by atomic mass is 10.2. The Labute approximate surface area is 92.3 Å². The largest absolute Gasteiger partial charge is 0.465 e. The third-order valence-corrected chi connectivity index (χ3v) is 1.74.